The van der Waals surface area contributed by atoms with E-state index in [2.05, 4.69) is 31.4 Å². The second-order valence-corrected chi connectivity index (χ2v) is 8.26. The summed E-state index contributed by atoms with van der Waals surface area (Å²) in [5.41, 5.74) is 0.161. The highest BCUT2D eigenvalue weighted by atomic mass is 16.5. The highest BCUT2D eigenvalue weighted by molar-refractivity contribution is 5.88. The van der Waals surface area contributed by atoms with Crippen molar-refractivity contribution in [3.8, 4) is 5.75 Å². The summed E-state index contributed by atoms with van der Waals surface area (Å²) in [7, 11) is 0. The zero-order chi connectivity index (χ0) is 19.2. The van der Waals surface area contributed by atoms with Crippen molar-refractivity contribution in [2.45, 2.75) is 65.5 Å². The van der Waals surface area contributed by atoms with E-state index in [9.17, 15) is 9.59 Å². The first-order chi connectivity index (χ1) is 12.3. The van der Waals surface area contributed by atoms with Crippen LogP contribution in [0.4, 0.5) is 0 Å². The van der Waals surface area contributed by atoms with Gasteiger partial charge >= 0.3 is 0 Å². The van der Waals surface area contributed by atoms with E-state index in [1.54, 1.807) is 19.1 Å². The van der Waals surface area contributed by atoms with Crippen molar-refractivity contribution in [2.24, 2.45) is 11.3 Å². The molecular weight excluding hydrogens is 328 g/mol. The summed E-state index contributed by atoms with van der Waals surface area (Å²) in [5, 5.41) is 5.88. The highest BCUT2D eigenvalue weighted by Gasteiger charge is 2.35. The molecule has 144 valence electrons. The van der Waals surface area contributed by atoms with E-state index >= 15 is 0 Å². The molecule has 0 aliphatic heterocycles. The van der Waals surface area contributed by atoms with Gasteiger partial charge in [-0.2, -0.15) is 0 Å². The molecule has 0 aromatic heterocycles. The van der Waals surface area contributed by atoms with Crippen LogP contribution in [0.15, 0.2) is 30.3 Å². The van der Waals surface area contributed by atoms with Crippen molar-refractivity contribution < 1.29 is 14.3 Å². The number of rotatable bonds is 6. The SMILES string of the molecule is CC(NC(=O)COc1ccccc1)C(=O)NC1CCCCC1C(C)(C)C. The maximum Gasteiger partial charge on any atom is 0.258 e. The summed E-state index contributed by atoms with van der Waals surface area (Å²) in [6.45, 7) is 8.30. The van der Waals surface area contributed by atoms with Gasteiger partial charge in [0.2, 0.25) is 5.91 Å². The molecule has 26 heavy (non-hydrogen) atoms. The van der Waals surface area contributed by atoms with Crippen LogP contribution in [0, 0.1) is 11.3 Å². The largest absolute Gasteiger partial charge is 0.484 e. The summed E-state index contributed by atoms with van der Waals surface area (Å²) < 4.78 is 5.42. The molecule has 0 radical (unpaired) electrons. The molecule has 1 saturated carbocycles. The maximum atomic E-state index is 12.5. The minimum absolute atomic E-state index is 0.102. The molecule has 0 heterocycles. The van der Waals surface area contributed by atoms with Crippen LogP contribution < -0.4 is 15.4 Å². The summed E-state index contributed by atoms with van der Waals surface area (Å²) in [4.78, 5) is 24.6. The quantitative estimate of drug-likeness (QED) is 0.818. The molecular formula is C21H32N2O3. The Hall–Kier alpha value is -2.04. The van der Waals surface area contributed by atoms with Gasteiger partial charge in [0.25, 0.3) is 5.91 Å². The normalized spacial score (nSPS) is 21.5. The molecule has 1 aromatic rings. The fraction of sp³-hybridized carbons (Fsp3) is 0.619. The molecule has 0 bridgehead atoms. The molecule has 5 heteroatoms. The van der Waals surface area contributed by atoms with Crippen molar-refractivity contribution >= 4 is 11.8 Å². The lowest BCUT2D eigenvalue weighted by Gasteiger charge is -2.41. The second-order valence-electron chi connectivity index (χ2n) is 8.26. The number of benzene rings is 1. The molecule has 3 unspecified atom stereocenters. The Kier molecular flexibility index (Phi) is 7.06. The molecule has 0 saturated heterocycles. The van der Waals surface area contributed by atoms with Gasteiger partial charge in [0.15, 0.2) is 6.61 Å². The smallest absolute Gasteiger partial charge is 0.258 e. The lowest BCUT2D eigenvalue weighted by atomic mass is 9.69. The molecule has 3 atom stereocenters. The van der Waals surface area contributed by atoms with E-state index in [-0.39, 0.29) is 29.9 Å². The first kappa shape index (κ1) is 20.3. The van der Waals surface area contributed by atoms with E-state index < -0.39 is 6.04 Å². The molecule has 2 rings (SSSR count). The number of carbonyl (C=O) groups excluding carboxylic acids is 2. The fourth-order valence-corrected chi connectivity index (χ4v) is 3.66. The molecule has 0 spiro atoms. The van der Waals surface area contributed by atoms with Crippen molar-refractivity contribution in [3.05, 3.63) is 30.3 Å². The van der Waals surface area contributed by atoms with Gasteiger partial charge in [0.1, 0.15) is 11.8 Å². The van der Waals surface area contributed by atoms with Crippen LogP contribution >= 0.6 is 0 Å². The Labute approximate surface area is 156 Å². The van der Waals surface area contributed by atoms with Gasteiger partial charge in [0.05, 0.1) is 0 Å². The van der Waals surface area contributed by atoms with Gasteiger partial charge in [-0.25, -0.2) is 0 Å². The van der Waals surface area contributed by atoms with Gasteiger partial charge in [-0.15, -0.1) is 0 Å². The molecule has 2 amide bonds. The fourth-order valence-electron chi connectivity index (χ4n) is 3.66. The van der Waals surface area contributed by atoms with E-state index in [1.807, 2.05) is 18.2 Å². The Morgan fingerprint density at radius 1 is 1.15 bits per heavy atom. The topological polar surface area (TPSA) is 67.4 Å². The first-order valence-corrected chi connectivity index (χ1v) is 9.55. The highest BCUT2D eigenvalue weighted by Crippen LogP contribution is 2.37. The van der Waals surface area contributed by atoms with Gasteiger partial charge in [-0.3, -0.25) is 9.59 Å². The number of carbonyl (C=O) groups is 2. The molecule has 1 fully saturated rings. The van der Waals surface area contributed by atoms with Crippen LogP contribution in [0.2, 0.25) is 0 Å². The second kappa shape index (κ2) is 9.06. The van der Waals surface area contributed by atoms with E-state index in [4.69, 9.17) is 4.74 Å². The number of nitrogens with one attached hydrogen (secondary N) is 2. The van der Waals surface area contributed by atoms with Gasteiger partial charge < -0.3 is 15.4 Å². The minimum atomic E-state index is -0.579. The van der Waals surface area contributed by atoms with Crippen molar-refractivity contribution in [2.75, 3.05) is 6.61 Å². The average Bonchev–Trinajstić information content (AvgIpc) is 2.60. The third kappa shape index (κ3) is 6.04. The number of para-hydroxylation sites is 1. The molecule has 1 aromatic carbocycles. The standard InChI is InChI=1S/C21H32N2O3/c1-15(22-19(24)14-26-16-10-6-5-7-11-16)20(25)23-18-13-9-8-12-17(18)21(2,3)4/h5-7,10-11,15,17-18H,8-9,12-14H2,1-4H3,(H,22,24)(H,23,25). The Bertz CT molecular complexity index is 595. The van der Waals surface area contributed by atoms with Crippen LogP contribution in [0.5, 0.6) is 5.75 Å². The van der Waals surface area contributed by atoms with E-state index in [0.717, 1.165) is 19.3 Å². The molecule has 1 aliphatic rings. The monoisotopic (exact) mass is 360 g/mol. The van der Waals surface area contributed by atoms with Crippen LogP contribution in [0.25, 0.3) is 0 Å². The predicted molar refractivity (Wildman–Crippen MR) is 103 cm³/mol. The zero-order valence-corrected chi connectivity index (χ0v) is 16.4. The number of amides is 2. The van der Waals surface area contributed by atoms with Crippen molar-refractivity contribution in [3.63, 3.8) is 0 Å². The maximum absolute atomic E-state index is 12.5. The summed E-state index contributed by atoms with van der Waals surface area (Å²) in [6.07, 6.45) is 4.51. The van der Waals surface area contributed by atoms with Crippen LogP contribution in [-0.2, 0) is 9.59 Å². The van der Waals surface area contributed by atoms with Gasteiger partial charge in [0, 0.05) is 6.04 Å². The molecule has 2 N–H and O–H groups in total. The van der Waals surface area contributed by atoms with Crippen LogP contribution in [-0.4, -0.2) is 30.5 Å². The number of hydrogen-bond donors (Lipinski definition) is 2. The summed E-state index contributed by atoms with van der Waals surface area (Å²) in [5.74, 6) is 0.672. The lowest BCUT2D eigenvalue weighted by molar-refractivity contribution is -0.130. The average molecular weight is 360 g/mol. The van der Waals surface area contributed by atoms with Gasteiger partial charge in [-0.1, -0.05) is 51.8 Å². The minimum Gasteiger partial charge on any atom is -0.484 e. The Morgan fingerprint density at radius 3 is 2.46 bits per heavy atom. The molecule has 5 nitrogen and oxygen atoms in total. The van der Waals surface area contributed by atoms with Crippen molar-refractivity contribution in [1.29, 1.82) is 0 Å². The van der Waals surface area contributed by atoms with Crippen molar-refractivity contribution in [1.82, 2.24) is 10.6 Å². The summed E-state index contributed by atoms with van der Waals surface area (Å²) in [6, 6.07) is 8.76. The Balaban J connectivity index is 1.81. The van der Waals surface area contributed by atoms with Crippen LogP contribution in [0.3, 0.4) is 0 Å². The van der Waals surface area contributed by atoms with Crippen LogP contribution in [0.1, 0.15) is 53.4 Å². The lowest BCUT2D eigenvalue weighted by Crippen LogP contribution is -2.53. The zero-order valence-electron chi connectivity index (χ0n) is 16.4. The van der Waals surface area contributed by atoms with E-state index in [0.29, 0.717) is 11.7 Å². The third-order valence-corrected chi connectivity index (χ3v) is 5.09. The molecule has 1 aliphatic carbocycles. The Morgan fingerprint density at radius 2 is 1.81 bits per heavy atom. The van der Waals surface area contributed by atoms with Gasteiger partial charge in [-0.05, 0) is 43.2 Å². The number of hydrogen-bond acceptors (Lipinski definition) is 3. The van der Waals surface area contributed by atoms with E-state index in [1.165, 1.54) is 6.42 Å². The number of ether oxygens (including phenoxy) is 1. The first-order valence-electron chi connectivity index (χ1n) is 9.55. The third-order valence-electron chi connectivity index (χ3n) is 5.09. The predicted octanol–water partition coefficient (Wildman–Crippen LogP) is 3.29. The summed E-state index contributed by atoms with van der Waals surface area (Å²) >= 11 is 0.